The molecule has 0 aromatic carbocycles. The number of nitrogens with zero attached hydrogens (tertiary/aromatic N) is 2. The molecule has 1 saturated heterocycles. The number of nitrogen functional groups attached to an aromatic ring is 1. The van der Waals surface area contributed by atoms with E-state index in [9.17, 15) is 4.79 Å². The molecule has 6 heteroatoms. The van der Waals surface area contributed by atoms with E-state index in [0.29, 0.717) is 25.4 Å². The Labute approximate surface area is 106 Å². The summed E-state index contributed by atoms with van der Waals surface area (Å²) in [5.74, 6) is 0.778. The molecule has 1 aromatic heterocycles. The Morgan fingerprint density at radius 2 is 2.50 bits per heavy atom. The van der Waals surface area contributed by atoms with Crippen molar-refractivity contribution >= 4 is 17.6 Å². The van der Waals surface area contributed by atoms with Gasteiger partial charge in [-0.1, -0.05) is 0 Å². The maximum absolute atomic E-state index is 11.5. The summed E-state index contributed by atoms with van der Waals surface area (Å²) in [4.78, 5) is 17.4. The molecule has 98 valence electrons. The van der Waals surface area contributed by atoms with E-state index in [-0.39, 0.29) is 12.1 Å². The molecule has 1 aliphatic heterocycles. The molecular formula is C12H18N4O2. The molecule has 1 aromatic rings. The van der Waals surface area contributed by atoms with E-state index < -0.39 is 0 Å². The minimum atomic E-state index is -0.243. The van der Waals surface area contributed by atoms with Crippen molar-refractivity contribution in [3.63, 3.8) is 0 Å². The Kier molecular flexibility index (Phi) is 3.86. The smallest absolute Gasteiger partial charge is 0.409 e. The summed E-state index contributed by atoms with van der Waals surface area (Å²) in [6.07, 6.45) is 2.26. The Hall–Kier alpha value is -1.98. The normalized spacial score (nSPS) is 18.7. The lowest BCUT2D eigenvalue weighted by Gasteiger charge is -2.16. The summed E-state index contributed by atoms with van der Waals surface area (Å²) in [5.41, 5.74) is 6.21. The number of aromatic nitrogens is 1. The number of amides is 1. The summed E-state index contributed by atoms with van der Waals surface area (Å²) >= 11 is 0. The number of carbonyl (C=O) groups excluding carboxylic acids is 1. The average molecular weight is 250 g/mol. The van der Waals surface area contributed by atoms with Gasteiger partial charge in [0.1, 0.15) is 5.82 Å². The highest BCUT2D eigenvalue weighted by atomic mass is 16.6. The van der Waals surface area contributed by atoms with Crippen molar-refractivity contribution < 1.29 is 9.53 Å². The first-order valence-corrected chi connectivity index (χ1v) is 6.09. The van der Waals surface area contributed by atoms with Crippen molar-refractivity contribution in [2.75, 3.05) is 30.7 Å². The van der Waals surface area contributed by atoms with E-state index in [1.54, 1.807) is 17.2 Å². The highest BCUT2D eigenvalue weighted by Gasteiger charge is 2.27. The molecule has 0 aliphatic carbocycles. The van der Waals surface area contributed by atoms with Crippen molar-refractivity contribution in [1.29, 1.82) is 0 Å². The van der Waals surface area contributed by atoms with Gasteiger partial charge < -0.3 is 20.7 Å². The van der Waals surface area contributed by atoms with Gasteiger partial charge in [0.15, 0.2) is 0 Å². The van der Waals surface area contributed by atoms with Crippen LogP contribution in [-0.4, -0.2) is 41.7 Å². The van der Waals surface area contributed by atoms with Crippen molar-refractivity contribution in [3.8, 4) is 0 Å². The van der Waals surface area contributed by atoms with Gasteiger partial charge in [-0.3, -0.25) is 0 Å². The first-order valence-electron chi connectivity index (χ1n) is 6.09. The summed E-state index contributed by atoms with van der Waals surface area (Å²) in [7, 11) is 0. The van der Waals surface area contributed by atoms with Crippen LogP contribution >= 0.6 is 0 Å². The number of likely N-dealkylation sites (tertiary alicyclic amines) is 1. The number of nitrogens with two attached hydrogens (primary N) is 1. The Morgan fingerprint density at radius 3 is 3.17 bits per heavy atom. The molecule has 1 amide bonds. The molecule has 1 aliphatic rings. The maximum atomic E-state index is 11.5. The lowest BCUT2D eigenvalue weighted by molar-refractivity contribution is 0.115. The zero-order chi connectivity index (χ0) is 13.0. The standard InChI is InChI=1S/C12H18N4O2/c1-2-18-12(17)16-6-5-10(8-16)15-11-4-3-9(13)7-14-11/h3-4,7,10H,2,5-6,8,13H2,1H3,(H,14,15)/t10-/m0/s1. The van der Waals surface area contributed by atoms with Crippen LogP contribution in [0.4, 0.5) is 16.3 Å². The highest BCUT2D eigenvalue weighted by molar-refractivity contribution is 5.68. The number of nitrogens with one attached hydrogen (secondary N) is 1. The summed E-state index contributed by atoms with van der Waals surface area (Å²) in [6, 6.07) is 3.85. The second-order valence-corrected chi connectivity index (χ2v) is 4.25. The van der Waals surface area contributed by atoms with Gasteiger partial charge in [-0.25, -0.2) is 9.78 Å². The van der Waals surface area contributed by atoms with Gasteiger partial charge in [0.2, 0.25) is 0 Å². The molecule has 2 rings (SSSR count). The SMILES string of the molecule is CCOC(=O)N1CC[C@H](Nc2ccc(N)cn2)C1. The number of carbonyl (C=O) groups is 1. The summed E-state index contributed by atoms with van der Waals surface area (Å²) < 4.78 is 4.97. The van der Waals surface area contributed by atoms with E-state index in [0.717, 1.165) is 12.2 Å². The third-order valence-corrected chi connectivity index (χ3v) is 2.85. The predicted molar refractivity (Wildman–Crippen MR) is 69.3 cm³/mol. The topological polar surface area (TPSA) is 80.5 Å². The largest absolute Gasteiger partial charge is 0.450 e. The molecule has 0 unspecified atom stereocenters. The summed E-state index contributed by atoms with van der Waals surface area (Å²) in [6.45, 7) is 3.57. The zero-order valence-electron chi connectivity index (χ0n) is 10.4. The summed E-state index contributed by atoms with van der Waals surface area (Å²) in [5, 5.41) is 3.28. The number of rotatable bonds is 3. The molecule has 1 fully saturated rings. The third-order valence-electron chi connectivity index (χ3n) is 2.85. The van der Waals surface area contributed by atoms with Gasteiger partial charge in [0, 0.05) is 19.1 Å². The first kappa shape index (κ1) is 12.5. The third kappa shape index (κ3) is 3.03. The van der Waals surface area contributed by atoms with E-state index in [1.807, 2.05) is 13.0 Å². The van der Waals surface area contributed by atoms with Crippen LogP contribution in [0.5, 0.6) is 0 Å². The molecule has 2 heterocycles. The van der Waals surface area contributed by atoms with Gasteiger partial charge in [-0.05, 0) is 25.5 Å². The molecule has 6 nitrogen and oxygen atoms in total. The predicted octanol–water partition coefficient (Wildman–Crippen LogP) is 1.31. The van der Waals surface area contributed by atoms with Gasteiger partial charge >= 0.3 is 6.09 Å². The number of hydrogen-bond acceptors (Lipinski definition) is 5. The van der Waals surface area contributed by atoms with E-state index in [2.05, 4.69) is 10.3 Å². The van der Waals surface area contributed by atoms with Gasteiger partial charge in [0.05, 0.1) is 18.5 Å². The average Bonchev–Trinajstić information content (AvgIpc) is 2.81. The fraction of sp³-hybridized carbons (Fsp3) is 0.500. The van der Waals surface area contributed by atoms with E-state index >= 15 is 0 Å². The van der Waals surface area contributed by atoms with Gasteiger partial charge in [-0.2, -0.15) is 0 Å². The number of hydrogen-bond donors (Lipinski definition) is 2. The first-order chi connectivity index (χ1) is 8.69. The van der Waals surface area contributed by atoms with Crippen LogP contribution in [0.25, 0.3) is 0 Å². The van der Waals surface area contributed by atoms with Gasteiger partial charge in [0.25, 0.3) is 0 Å². The Bertz CT molecular complexity index is 407. The van der Waals surface area contributed by atoms with Gasteiger partial charge in [-0.15, -0.1) is 0 Å². The number of anilines is 2. The minimum Gasteiger partial charge on any atom is -0.450 e. The lowest BCUT2D eigenvalue weighted by Crippen LogP contribution is -2.32. The second-order valence-electron chi connectivity index (χ2n) is 4.25. The fourth-order valence-electron chi connectivity index (χ4n) is 1.96. The molecule has 3 N–H and O–H groups in total. The monoisotopic (exact) mass is 250 g/mol. The Balaban J connectivity index is 1.86. The van der Waals surface area contributed by atoms with Crippen molar-refractivity contribution in [1.82, 2.24) is 9.88 Å². The van der Waals surface area contributed by atoms with Crippen LogP contribution in [0.15, 0.2) is 18.3 Å². The molecule has 1 atom stereocenters. The van der Waals surface area contributed by atoms with Crippen LogP contribution in [-0.2, 0) is 4.74 Å². The van der Waals surface area contributed by atoms with Crippen molar-refractivity contribution in [2.24, 2.45) is 0 Å². The van der Waals surface area contributed by atoms with Crippen LogP contribution in [0.1, 0.15) is 13.3 Å². The number of pyridine rings is 1. The Morgan fingerprint density at radius 1 is 1.67 bits per heavy atom. The molecule has 18 heavy (non-hydrogen) atoms. The van der Waals surface area contributed by atoms with Crippen LogP contribution in [0.3, 0.4) is 0 Å². The zero-order valence-corrected chi connectivity index (χ0v) is 10.4. The molecule has 0 radical (unpaired) electrons. The quantitative estimate of drug-likeness (QED) is 0.845. The van der Waals surface area contributed by atoms with Crippen molar-refractivity contribution in [2.45, 2.75) is 19.4 Å². The molecule has 0 spiro atoms. The van der Waals surface area contributed by atoms with Crippen LogP contribution < -0.4 is 11.1 Å². The second kappa shape index (κ2) is 5.57. The van der Waals surface area contributed by atoms with Crippen LogP contribution in [0.2, 0.25) is 0 Å². The molecule has 0 saturated carbocycles. The van der Waals surface area contributed by atoms with Crippen LogP contribution in [0, 0.1) is 0 Å². The highest BCUT2D eigenvalue weighted by Crippen LogP contribution is 2.15. The van der Waals surface area contributed by atoms with E-state index in [1.165, 1.54) is 0 Å². The van der Waals surface area contributed by atoms with E-state index in [4.69, 9.17) is 10.5 Å². The maximum Gasteiger partial charge on any atom is 0.409 e. The lowest BCUT2D eigenvalue weighted by atomic mass is 10.2. The molecule has 0 bridgehead atoms. The number of ether oxygens (including phenoxy) is 1. The van der Waals surface area contributed by atoms with Crippen molar-refractivity contribution in [3.05, 3.63) is 18.3 Å². The minimum absolute atomic E-state index is 0.213. The fourth-order valence-corrected chi connectivity index (χ4v) is 1.96. The molecular weight excluding hydrogens is 232 g/mol.